The summed E-state index contributed by atoms with van der Waals surface area (Å²) in [5.74, 6) is -0.317. The molecule has 0 amide bonds. The van der Waals surface area contributed by atoms with E-state index in [0.29, 0.717) is 6.42 Å². The Kier molecular flexibility index (Phi) is 7.69. The molecule has 0 aromatic carbocycles. The van der Waals surface area contributed by atoms with Crippen LogP contribution in [-0.2, 0) is 9.08 Å². The molecule has 0 rings (SSSR count). The lowest BCUT2D eigenvalue weighted by Gasteiger charge is -1.96. The largest absolute Gasteiger partial charge is 0.348 e. The lowest BCUT2D eigenvalue weighted by molar-refractivity contribution is -0.134. The summed E-state index contributed by atoms with van der Waals surface area (Å²) in [7, 11) is 0. The number of halogens is 1. The van der Waals surface area contributed by atoms with E-state index in [0.717, 1.165) is 12.8 Å². The van der Waals surface area contributed by atoms with Crippen molar-refractivity contribution < 1.29 is 9.08 Å². The Morgan fingerprint density at radius 1 is 1.27 bits per heavy atom. The third kappa shape index (κ3) is 7.66. The molecule has 0 aliphatic carbocycles. The highest BCUT2D eigenvalue weighted by Crippen LogP contribution is 2.05. The minimum atomic E-state index is -0.317. The Labute approximate surface area is 73.0 Å². The molecule has 0 heterocycles. The monoisotopic (exact) mass is 178 g/mol. The lowest BCUT2D eigenvalue weighted by Crippen LogP contribution is -1.95. The smallest absolute Gasteiger partial charge is 0.324 e. The fourth-order valence-corrected chi connectivity index (χ4v) is 0.989. The zero-order valence-corrected chi connectivity index (χ0v) is 7.69. The van der Waals surface area contributed by atoms with Gasteiger partial charge >= 0.3 is 5.97 Å². The van der Waals surface area contributed by atoms with Crippen LogP contribution in [0, 0.1) is 0 Å². The van der Waals surface area contributed by atoms with Gasteiger partial charge in [0.15, 0.2) is 0 Å². The van der Waals surface area contributed by atoms with E-state index in [2.05, 4.69) is 11.2 Å². The van der Waals surface area contributed by atoms with Crippen LogP contribution in [0.2, 0.25) is 0 Å². The van der Waals surface area contributed by atoms with Gasteiger partial charge in [-0.1, -0.05) is 32.6 Å². The first-order valence-electron chi connectivity index (χ1n) is 4.12. The standard InChI is InChI=1S/C8H15ClO2/c1-2-3-4-5-6-7-8(10)11-9/h2-7H2,1H3. The Morgan fingerprint density at radius 3 is 2.45 bits per heavy atom. The summed E-state index contributed by atoms with van der Waals surface area (Å²) in [5, 5.41) is 0. The van der Waals surface area contributed by atoms with E-state index in [-0.39, 0.29) is 5.97 Å². The maximum atomic E-state index is 10.5. The zero-order valence-electron chi connectivity index (χ0n) is 6.94. The molecule has 0 aliphatic heterocycles. The summed E-state index contributed by atoms with van der Waals surface area (Å²) in [6.45, 7) is 2.16. The van der Waals surface area contributed by atoms with Gasteiger partial charge in [-0.2, -0.15) is 0 Å². The van der Waals surface area contributed by atoms with Crippen LogP contribution in [0.3, 0.4) is 0 Å². The molecule has 0 radical (unpaired) electrons. The van der Waals surface area contributed by atoms with Crippen LogP contribution in [0.4, 0.5) is 0 Å². The first kappa shape index (κ1) is 10.8. The molecule has 0 aromatic rings. The SMILES string of the molecule is CCCCCCCC(=O)OCl. The van der Waals surface area contributed by atoms with Crippen LogP contribution in [-0.4, -0.2) is 5.97 Å². The number of carbonyl (C=O) groups is 1. The van der Waals surface area contributed by atoms with Crippen LogP contribution in [0.25, 0.3) is 0 Å². The quantitative estimate of drug-likeness (QED) is 0.585. The number of unbranched alkanes of at least 4 members (excludes halogenated alkanes) is 4. The van der Waals surface area contributed by atoms with Gasteiger partial charge in [-0.15, -0.1) is 0 Å². The van der Waals surface area contributed by atoms with Gasteiger partial charge in [0.1, 0.15) is 11.9 Å². The highest BCUT2D eigenvalue weighted by Gasteiger charge is 1.99. The van der Waals surface area contributed by atoms with Crippen LogP contribution in [0.5, 0.6) is 0 Å². The van der Waals surface area contributed by atoms with Crippen LogP contribution >= 0.6 is 11.9 Å². The third-order valence-corrected chi connectivity index (χ3v) is 1.74. The van der Waals surface area contributed by atoms with Crippen molar-refractivity contribution in [2.24, 2.45) is 0 Å². The molecular formula is C8H15ClO2. The Bertz CT molecular complexity index is 104. The van der Waals surface area contributed by atoms with Crippen molar-refractivity contribution in [3.63, 3.8) is 0 Å². The van der Waals surface area contributed by atoms with Crippen LogP contribution in [0.15, 0.2) is 0 Å². The minimum Gasteiger partial charge on any atom is -0.348 e. The van der Waals surface area contributed by atoms with Crippen LogP contribution in [0.1, 0.15) is 45.4 Å². The van der Waals surface area contributed by atoms with Gasteiger partial charge in [-0.3, -0.25) is 4.79 Å². The molecule has 0 saturated heterocycles. The van der Waals surface area contributed by atoms with Gasteiger partial charge < -0.3 is 4.29 Å². The first-order valence-corrected chi connectivity index (χ1v) is 4.43. The second-order valence-corrected chi connectivity index (χ2v) is 2.77. The molecule has 0 N–H and O–H groups in total. The number of rotatable bonds is 6. The molecule has 11 heavy (non-hydrogen) atoms. The molecule has 0 fully saturated rings. The Hall–Kier alpha value is -0.240. The molecule has 3 heteroatoms. The summed E-state index contributed by atoms with van der Waals surface area (Å²) in [5.41, 5.74) is 0. The Morgan fingerprint density at radius 2 is 1.91 bits per heavy atom. The Balaban J connectivity index is 2.95. The molecule has 66 valence electrons. The van der Waals surface area contributed by atoms with E-state index in [9.17, 15) is 4.79 Å². The second-order valence-electron chi connectivity index (χ2n) is 2.61. The maximum absolute atomic E-state index is 10.5. The molecule has 0 spiro atoms. The van der Waals surface area contributed by atoms with Crippen LogP contribution < -0.4 is 0 Å². The molecule has 0 aromatic heterocycles. The van der Waals surface area contributed by atoms with E-state index in [1.807, 2.05) is 0 Å². The summed E-state index contributed by atoms with van der Waals surface area (Å²) >= 11 is 4.84. The van der Waals surface area contributed by atoms with Crippen molar-refractivity contribution in [2.75, 3.05) is 0 Å². The maximum Gasteiger partial charge on any atom is 0.324 e. The van der Waals surface area contributed by atoms with E-state index in [1.165, 1.54) is 19.3 Å². The predicted molar refractivity (Wildman–Crippen MR) is 45.3 cm³/mol. The van der Waals surface area contributed by atoms with Crippen molar-refractivity contribution in [1.29, 1.82) is 0 Å². The van der Waals surface area contributed by atoms with Crippen molar-refractivity contribution >= 4 is 17.8 Å². The molecule has 2 nitrogen and oxygen atoms in total. The third-order valence-electron chi connectivity index (χ3n) is 1.57. The van der Waals surface area contributed by atoms with Crippen molar-refractivity contribution in [1.82, 2.24) is 0 Å². The topological polar surface area (TPSA) is 26.3 Å². The van der Waals surface area contributed by atoms with Gasteiger partial charge in [-0.05, 0) is 6.42 Å². The zero-order chi connectivity index (χ0) is 8.53. The summed E-state index contributed by atoms with van der Waals surface area (Å²) < 4.78 is 3.99. The minimum absolute atomic E-state index is 0.317. The van der Waals surface area contributed by atoms with Gasteiger partial charge in [0, 0.05) is 6.42 Å². The van der Waals surface area contributed by atoms with E-state index in [1.54, 1.807) is 0 Å². The molecular weight excluding hydrogens is 164 g/mol. The fourth-order valence-electron chi connectivity index (χ4n) is 0.911. The highest BCUT2D eigenvalue weighted by molar-refractivity contribution is 6.13. The molecule has 0 aliphatic rings. The normalized spacial score (nSPS) is 9.64. The van der Waals surface area contributed by atoms with E-state index >= 15 is 0 Å². The van der Waals surface area contributed by atoms with E-state index < -0.39 is 0 Å². The number of hydrogen-bond donors (Lipinski definition) is 0. The van der Waals surface area contributed by atoms with Gasteiger partial charge in [0.05, 0.1) is 0 Å². The highest BCUT2D eigenvalue weighted by atomic mass is 35.5. The van der Waals surface area contributed by atoms with E-state index in [4.69, 9.17) is 11.9 Å². The number of hydrogen-bond acceptors (Lipinski definition) is 2. The van der Waals surface area contributed by atoms with Gasteiger partial charge in [0.2, 0.25) is 0 Å². The molecule has 0 atom stereocenters. The van der Waals surface area contributed by atoms with Gasteiger partial charge in [-0.25, -0.2) is 0 Å². The van der Waals surface area contributed by atoms with Crippen molar-refractivity contribution in [2.45, 2.75) is 45.4 Å². The van der Waals surface area contributed by atoms with Crippen molar-refractivity contribution in [3.8, 4) is 0 Å². The average molecular weight is 179 g/mol. The van der Waals surface area contributed by atoms with Crippen molar-refractivity contribution in [3.05, 3.63) is 0 Å². The number of carbonyl (C=O) groups excluding carboxylic acids is 1. The molecule has 0 saturated carbocycles. The summed E-state index contributed by atoms with van der Waals surface area (Å²) in [4.78, 5) is 10.5. The summed E-state index contributed by atoms with van der Waals surface area (Å²) in [6.07, 6.45) is 6.11. The lowest BCUT2D eigenvalue weighted by atomic mass is 10.1. The first-order chi connectivity index (χ1) is 5.31. The fraction of sp³-hybridized carbons (Fsp3) is 0.875. The average Bonchev–Trinajstić information content (AvgIpc) is 2.04. The van der Waals surface area contributed by atoms with Gasteiger partial charge in [0.25, 0.3) is 0 Å². The summed E-state index contributed by atoms with van der Waals surface area (Å²) in [6, 6.07) is 0. The molecule has 0 bridgehead atoms. The predicted octanol–water partition coefficient (Wildman–Crippen LogP) is 3.04. The molecule has 0 unspecified atom stereocenters. The second kappa shape index (κ2) is 7.86.